The largest absolute Gasteiger partial charge is 0.379 e. The molecular weight excluding hydrogens is 310 g/mol. The van der Waals surface area contributed by atoms with Gasteiger partial charge in [0, 0.05) is 31.1 Å². The lowest BCUT2D eigenvalue weighted by atomic mass is 10.1. The fraction of sp³-hybridized carbons (Fsp3) is 0.714. The molecule has 0 unspecified atom stereocenters. The van der Waals surface area contributed by atoms with Gasteiger partial charge in [-0.2, -0.15) is 0 Å². The highest BCUT2D eigenvalue weighted by molar-refractivity contribution is 7.16. The smallest absolute Gasteiger partial charge is 0.271 e. The van der Waals surface area contributed by atoms with E-state index in [0.717, 1.165) is 44.1 Å². The molecule has 5 nitrogen and oxygen atoms in total. The van der Waals surface area contributed by atoms with Gasteiger partial charge in [0.25, 0.3) is 5.91 Å². The Morgan fingerprint density at radius 2 is 2.19 bits per heavy atom. The van der Waals surface area contributed by atoms with Crippen molar-refractivity contribution in [3.8, 4) is 0 Å². The Morgan fingerprint density at radius 3 is 2.86 bits per heavy atom. The maximum atomic E-state index is 12.2. The molecule has 0 aliphatic carbocycles. The van der Waals surface area contributed by atoms with E-state index in [2.05, 4.69) is 29.0 Å². The van der Waals surface area contributed by atoms with Gasteiger partial charge >= 0.3 is 0 Å². The number of carbonyl (C=O) groups is 1. The number of thiazole rings is 1. The van der Waals surface area contributed by atoms with Gasteiger partial charge in [0.1, 0.15) is 5.69 Å². The Bertz CT molecular complexity index is 473. The summed E-state index contributed by atoms with van der Waals surface area (Å²) in [5.74, 6) is 0.350. The molecule has 1 amide bonds. The Hall–Kier alpha value is -0.690. The molecular formula is C14H22ClN3O2S. The molecule has 0 bridgehead atoms. The van der Waals surface area contributed by atoms with Crippen molar-refractivity contribution in [2.75, 3.05) is 39.4 Å². The first kappa shape index (κ1) is 16.7. The molecule has 1 N–H and O–H groups in total. The number of ether oxygens (including phenoxy) is 1. The van der Waals surface area contributed by atoms with Crippen LogP contribution in [0, 0.1) is 5.92 Å². The lowest BCUT2D eigenvalue weighted by molar-refractivity contribution is 0.0383. The van der Waals surface area contributed by atoms with Gasteiger partial charge in [-0.15, -0.1) is 11.3 Å². The minimum atomic E-state index is -0.123. The minimum Gasteiger partial charge on any atom is -0.379 e. The molecule has 1 aliphatic rings. The molecule has 1 saturated heterocycles. The predicted molar refractivity (Wildman–Crippen MR) is 85.3 cm³/mol. The number of carbonyl (C=O) groups excluding carboxylic acids is 1. The van der Waals surface area contributed by atoms with Gasteiger partial charge in [-0.05, 0) is 12.3 Å². The van der Waals surface area contributed by atoms with Crippen molar-refractivity contribution in [2.24, 2.45) is 5.92 Å². The minimum absolute atomic E-state index is 0.123. The second-order valence-electron chi connectivity index (χ2n) is 5.55. The number of halogens is 1. The summed E-state index contributed by atoms with van der Waals surface area (Å²) < 4.78 is 5.73. The molecule has 0 radical (unpaired) electrons. The highest BCUT2D eigenvalue weighted by Gasteiger charge is 2.18. The number of amides is 1. The van der Waals surface area contributed by atoms with Crippen LogP contribution in [0.1, 0.15) is 29.2 Å². The summed E-state index contributed by atoms with van der Waals surface area (Å²) >= 11 is 7.35. The third-order valence-corrected chi connectivity index (χ3v) is 4.48. The van der Waals surface area contributed by atoms with Crippen LogP contribution >= 0.6 is 22.9 Å². The lowest BCUT2D eigenvalue weighted by Gasteiger charge is -2.26. The predicted octanol–water partition coefficient (Wildman–Crippen LogP) is 2.06. The molecule has 0 saturated carbocycles. The zero-order chi connectivity index (χ0) is 15.2. The topological polar surface area (TPSA) is 54.5 Å². The molecule has 2 rings (SSSR count). The third-order valence-electron chi connectivity index (χ3n) is 3.30. The molecule has 0 aromatic carbocycles. The van der Waals surface area contributed by atoms with Gasteiger partial charge in [-0.25, -0.2) is 4.98 Å². The maximum absolute atomic E-state index is 12.2. The van der Waals surface area contributed by atoms with Crippen molar-refractivity contribution in [2.45, 2.75) is 20.3 Å². The summed E-state index contributed by atoms with van der Waals surface area (Å²) in [6.07, 6.45) is 0.830. The van der Waals surface area contributed by atoms with E-state index >= 15 is 0 Å². The zero-order valence-electron chi connectivity index (χ0n) is 12.5. The van der Waals surface area contributed by atoms with E-state index in [1.165, 1.54) is 11.3 Å². The number of rotatable bonds is 6. The first-order valence-corrected chi connectivity index (χ1v) is 8.49. The summed E-state index contributed by atoms with van der Waals surface area (Å²) in [4.78, 5) is 19.7. The van der Waals surface area contributed by atoms with Gasteiger partial charge in [0.15, 0.2) is 4.47 Å². The van der Waals surface area contributed by atoms with Crippen molar-refractivity contribution >= 4 is 28.8 Å². The highest BCUT2D eigenvalue weighted by Crippen LogP contribution is 2.25. The third kappa shape index (κ3) is 5.21. The molecule has 0 spiro atoms. The van der Waals surface area contributed by atoms with Gasteiger partial charge in [0.05, 0.1) is 13.2 Å². The number of hydrogen-bond acceptors (Lipinski definition) is 5. The van der Waals surface area contributed by atoms with Gasteiger partial charge in [-0.3, -0.25) is 9.69 Å². The fourth-order valence-corrected chi connectivity index (χ4v) is 3.60. The van der Waals surface area contributed by atoms with E-state index in [9.17, 15) is 4.79 Å². The van der Waals surface area contributed by atoms with Gasteiger partial charge < -0.3 is 10.1 Å². The maximum Gasteiger partial charge on any atom is 0.271 e. The number of nitrogens with zero attached hydrogens (tertiary/aromatic N) is 2. The summed E-state index contributed by atoms with van der Waals surface area (Å²) in [6, 6.07) is 0. The second kappa shape index (κ2) is 8.08. The number of aromatic nitrogens is 1. The van der Waals surface area contributed by atoms with Crippen LogP contribution in [0.15, 0.2) is 0 Å². The number of hydrogen-bond donors (Lipinski definition) is 1. The monoisotopic (exact) mass is 331 g/mol. The summed E-state index contributed by atoms with van der Waals surface area (Å²) in [6.45, 7) is 9.10. The Morgan fingerprint density at radius 1 is 1.48 bits per heavy atom. The van der Waals surface area contributed by atoms with E-state index in [4.69, 9.17) is 16.3 Å². The van der Waals surface area contributed by atoms with Crippen LogP contribution < -0.4 is 5.32 Å². The number of nitrogens with one attached hydrogen (secondary N) is 1. The number of morpholine rings is 1. The molecule has 1 fully saturated rings. The van der Waals surface area contributed by atoms with Crippen molar-refractivity contribution in [1.82, 2.24) is 15.2 Å². The van der Waals surface area contributed by atoms with Crippen LogP contribution in [-0.4, -0.2) is 55.2 Å². The SMILES string of the molecule is CC(C)Cc1sc(Cl)nc1C(=O)NCCN1CCOCC1. The molecule has 118 valence electrons. The van der Waals surface area contributed by atoms with Gasteiger partial charge in [-0.1, -0.05) is 25.4 Å². The first-order chi connectivity index (χ1) is 10.1. The van der Waals surface area contributed by atoms with E-state index in [1.54, 1.807) is 0 Å². The van der Waals surface area contributed by atoms with Crippen molar-refractivity contribution in [3.63, 3.8) is 0 Å². The van der Waals surface area contributed by atoms with E-state index in [-0.39, 0.29) is 5.91 Å². The van der Waals surface area contributed by atoms with Crippen LogP contribution in [0.5, 0.6) is 0 Å². The summed E-state index contributed by atoms with van der Waals surface area (Å²) in [5, 5.41) is 2.94. The van der Waals surface area contributed by atoms with Crippen LogP contribution in [0.25, 0.3) is 0 Å². The Labute approximate surface area is 134 Å². The zero-order valence-corrected chi connectivity index (χ0v) is 14.1. The first-order valence-electron chi connectivity index (χ1n) is 7.29. The lowest BCUT2D eigenvalue weighted by Crippen LogP contribution is -2.41. The second-order valence-corrected chi connectivity index (χ2v) is 7.21. The van der Waals surface area contributed by atoms with Crippen LogP contribution in [0.4, 0.5) is 0 Å². The molecule has 1 aromatic rings. The summed E-state index contributed by atoms with van der Waals surface area (Å²) in [5.41, 5.74) is 0.487. The van der Waals surface area contributed by atoms with Crippen molar-refractivity contribution < 1.29 is 9.53 Å². The van der Waals surface area contributed by atoms with Crippen molar-refractivity contribution in [3.05, 3.63) is 15.0 Å². The average molecular weight is 332 g/mol. The molecule has 1 aliphatic heterocycles. The Kier molecular flexibility index (Phi) is 6.41. The summed E-state index contributed by atoms with van der Waals surface area (Å²) in [7, 11) is 0. The molecule has 1 aromatic heterocycles. The van der Waals surface area contributed by atoms with Crippen LogP contribution in [0.2, 0.25) is 4.47 Å². The van der Waals surface area contributed by atoms with Crippen LogP contribution in [0.3, 0.4) is 0 Å². The van der Waals surface area contributed by atoms with E-state index < -0.39 is 0 Å². The average Bonchev–Trinajstić information content (AvgIpc) is 2.80. The Balaban J connectivity index is 1.84. The van der Waals surface area contributed by atoms with E-state index in [1.807, 2.05) is 0 Å². The molecule has 0 atom stereocenters. The molecule has 21 heavy (non-hydrogen) atoms. The van der Waals surface area contributed by atoms with Crippen LogP contribution in [-0.2, 0) is 11.2 Å². The van der Waals surface area contributed by atoms with E-state index in [0.29, 0.717) is 22.6 Å². The van der Waals surface area contributed by atoms with Gasteiger partial charge in [0.2, 0.25) is 0 Å². The fourth-order valence-electron chi connectivity index (χ4n) is 2.25. The molecule has 7 heteroatoms. The molecule has 2 heterocycles. The normalized spacial score (nSPS) is 16.4. The van der Waals surface area contributed by atoms with Crippen molar-refractivity contribution in [1.29, 1.82) is 0 Å². The highest BCUT2D eigenvalue weighted by atomic mass is 35.5. The standard InChI is InChI=1S/C14H22ClN3O2S/c1-10(2)9-11-12(17-14(15)21-11)13(19)16-3-4-18-5-7-20-8-6-18/h10H,3-9H2,1-2H3,(H,16,19). The quantitative estimate of drug-likeness (QED) is 0.867.